The minimum Gasteiger partial charge on any atom is -0.304 e. The largest absolute Gasteiger partial charge is 0.304 e. The highest BCUT2D eigenvalue weighted by atomic mass is 35.5. The maximum Gasteiger partial charge on any atom is 0.279 e. The quantitative estimate of drug-likeness (QED) is 0.739. The number of benzene rings is 1. The number of H-pyrrole nitrogens is 1. The van der Waals surface area contributed by atoms with Crippen molar-refractivity contribution in [3.8, 4) is 11.4 Å². The van der Waals surface area contributed by atoms with Gasteiger partial charge in [-0.1, -0.05) is 11.6 Å². The van der Waals surface area contributed by atoms with Crippen molar-refractivity contribution < 1.29 is 4.39 Å². The van der Waals surface area contributed by atoms with E-state index < -0.39 is 11.4 Å². The van der Waals surface area contributed by atoms with Crippen LogP contribution in [-0.2, 0) is 0 Å². The van der Waals surface area contributed by atoms with Gasteiger partial charge >= 0.3 is 0 Å². The first-order chi connectivity index (χ1) is 9.15. The monoisotopic (exact) mass is 276 g/mol. The third-order valence-corrected chi connectivity index (χ3v) is 2.76. The van der Waals surface area contributed by atoms with E-state index in [1.54, 1.807) is 0 Å². The van der Waals surface area contributed by atoms with Crippen LogP contribution in [0.3, 0.4) is 0 Å². The number of hydrogen-bond donors (Lipinski definition) is 1. The number of halogens is 2. The fourth-order valence-electron chi connectivity index (χ4n) is 1.68. The van der Waals surface area contributed by atoms with E-state index in [-0.39, 0.29) is 22.6 Å². The highest BCUT2D eigenvalue weighted by molar-refractivity contribution is 6.30. The molecule has 0 aliphatic heterocycles. The molecule has 0 aliphatic carbocycles. The second-order valence-electron chi connectivity index (χ2n) is 3.77. The zero-order valence-corrected chi connectivity index (χ0v) is 10.1. The van der Waals surface area contributed by atoms with Gasteiger partial charge in [-0.2, -0.15) is 0 Å². The molecule has 0 saturated carbocycles. The Morgan fingerprint density at radius 1 is 1.21 bits per heavy atom. The van der Waals surface area contributed by atoms with Crippen LogP contribution < -0.4 is 5.56 Å². The number of rotatable bonds is 1. The van der Waals surface area contributed by atoms with Crippen LogP contribution in [0.1, 0.15) is 0 Å². The molecule has 2 heterocycles. The Morgan fingerprint density at radius 2 is 2.00 bits per heavy atom. The Bertz CT molecular complexity index is 833. The number of nitrogens with one attached hydrogen (secondary N) is 1. The lowest BCUT2D eigenvalue weighted by molar-refractivity contribution is 0.630. The van der Waals surface area contributed by atoms with Gasteiger partial charge in [0.1, 0.15) is 11.6 Å². The van der Waals surface area contributed by atoms with E-state index >= 15 is 0 Å². The standard InChI is InChI=1S/C12H6ClFN4O/c13-6-1-2-8(14)7(5-6)10-17-11-9(12(19)18-10)15-3-4-16-11/h1-5H,(H,16,17,18,19). The number of hydrogen-bond acceptors (Lipinski definition) is 4. The van der Waals surface area contributed by atoms with E-state index in [0.29, 0.717) is 5.02 Å². The molecule has 0 unspecified atom stereocenters. The first kappa shape index (κ1) is 11.7. The average Bonchev–Trinajstić information content (AvgIpc) is 2.41. The molecule has 2 aromatic heterocycles. The van der Waals surface area contributed by atoms with E-state index in [1.165, 1.54) is 30.6 Å². The maximum atomic E-state index is 13.7. The number of nitrogens with zero attached hydrogens (tertiary/aromatic N) is 3. The van der Waals surface area contributed by atoms with Gasteiger partial charge in [-0.3, -0.25) is 4.79 Å². The lowest BCUT2D eigenvalue weighted by Gasteiger charge is -2.04. The number of aromatic nitrogens is 4. The highest BCUT2D eigenvalue weighted by Gasteiger charge is 2.11. The van der Waals surface area contributed by atoms with Crippen LogP contribution in [0.25, 0.3) is 22.6 Å². The molecule has 0 amide bonds. The summed E-state index contributed by atoms with van der Waals surface area (Å²) in [5.74, 6) is -0.464. The fourth-order valence-corrected chi connectivity index (χ4v) is 1.85. The van der Waals surface area contributed by atoms with E-state index in [1.807, 2.05) is 0 Å². The summed E-state index contributed by atoms with van der Waals surface area (Å²) in [6.07, 6.45) is 2.80. The molecule has 3 aromatic rings. The summed E-state index contributed by atoms with van der Waals surface area (Å²) in [6, 6.07) is 4.01. The summed E-state index contributed by atoms with van der Waals surface area (Å²) in [5.41, 5.74) is -0.112. The van der Waals surface area contributed by atoms with Crippen LogP contribution >= 0.6 is 11.6 Å². The topological polar surface area (TPSA) is 71.5 Å². The molecule has 0 radical (unpaired) electrons. The van der Waals surface area contributed by atoms with Crippen molar-refractivity contribution in [3.05, 3.63) is 51.8 Å². The minimum absolute atomic E-state index is 0.0676. The molecule has 0 saturated heterocycles. The van der Waals surface area contributed by atoms with Crippen molar-refractivity contribution in [2.45, 2.75) is 0 Å². The Kier molecular flexibility index (Phi) is 2.72. The zero-order chi connectivity index (χ0) is 13.4. The van der Waals surface area contributed by atoms with Crippen molar-refractivity contribution in [3.63, 3.8) is 0 Å². The van der Waals surface area contributed by atoms with Gasteiger partial charge in [0.05, 0.1) is 5.56 Å². The van der Waals surface area contributed by atoms with E-state index in [2.05, 4.69) is 19.9 Å². The molecule has 0 spiro atoms. The molecule has 1 N–H and O–H groups in total. The van der Waals surface area contributed by atoms with Crippen molar-refractivity contribution >= 4 is 22.8 Å². The SMILES string of the molecule is O=c1[nH]c(-c2cc(Cl)ccc2F)nc2nccnc12. The van der Waals surface area contributed by atoms with Gasteiger partial charge in [0.2, 0.25) is 0 Å². The molecule has 1 aromatic carbocycles. The first-order valence-electron chi connectivity index (χ1n) is 5.31. The summed E-state index contributed by atoms with van der Waals surface area (Å²) in [4.78, 5) is 26.2. The molecule has 0 bridgehead atoms. The van der Waals surface area contributed by atoms with Crippen molar-refractivity contribution in [1.82, 2.24) is 19.9 Å². The van der Waals surface area contributed by atoms with E-state index in [4.69, 9.17) is 11.6 Å². The summed E-state index contributed by atoms with van der Waals surface area (Å²) in [6.45, 7) is 0. The predicted molar refractivity (Wildman–Crippen MR) is 68.4 cm³/mol. The summed E-state index contributed by atoms with van der Waals surface area (Å²) >= 11 is 5.81. The first-order valence-corrected chi connectivity index (χ1v) is 5.69. The van der Waals surface area contributed by atoms with Gasteiger partial charge in [-0.25, -0.2) is 19.3 Å². The molecular weight excluding hydrogens is 271 g/mol. The van der Waals surface area contributed by atoms with Crippen LogP contribution in [-0.4, -0.2) is 19.9 Å². The van der Waals surface area contributed by atoms with Gasteiger partial charge in [-0.15, -0.1) is 0 Å². The molecule has 0 fully saturated rings. The third-order valence-electron chi connectivity index (χ3n) is 2.53. The lowest BCUT2D eigenvalue weighted by Crippen LogP contribution is -2.12. The average molecular weight is 277 g/mol. The van der Waals surface area contributed by atoms with Crippen LogP contribution in [0, 0.1) is 5.82 Å². The second kappa shape index (κ2) is 4.40. The van der Waals surface area contributed by atoms with Crippen LogP contribution in [0.4, 0.5) is 4.39 Å². The maximum absolute atomic E-state index is 13.7. The summed E-state index contributed by atoms with van der Waals surface area (Å²) in [5, 5.41) is 0.346. The predicted octanol–water partition coefficient (Wildman–Crippen LogP) is 2.17. The summed E-state index contributed by atoms with van der Waals surface area (Å²) < 4.78 is 13.7. The molecule has 19 heavy (non-hydrogen) atoms. The molecular formula is C12H6ClFN4O. The lowest BCUT2D eigenvalue weighted by atomic mass is 10.2. The zero-order valence-electron chi connectivity index (χ0n) is 9.39. The summed E-state index contributed by atoms with van der Waals surface area (Å²) in [7, 11) is 0. The van der Waals surface area contributed by atoms with Crippen molar-refractivity contribution in [2.24, 2.45) is 0 Å². The second-order valence-corrected chi connectivity index (χ2v) is 4.20. The highest BCUT2D eigenvalue weighted by Crippen LogP contribution is 2.22. The van der Waals surface area contributed by atoms with Gasteiger partial charge < -0.3 is 4.98 Å². The molecule has 0 aliphatic rings. The number of aromatic amines is 1. The minimum atomic E-state index is -0.532. The fraction of sp³-hybridized carbons (Fsp3) is 0. The molecule has 0 atom stereocenters. The van der Waals surface area contributed by atoms with Crippen molar-refractivity contribution in [1.29, 1.82) is 0 Å². The van der Waals surface area contributed by atoms with Crippen LogP contribution in [0.5, 0.6) is 0 Å². The van der Waals surface area contributed by atoms with Gasteiger partial charge in [0.25, 0.3) is 5.56 Å². The van der Waals surface area contributed by atoms with Crippen molar-refractivity contribution in [2.75, 3.05) is 0 Å². The Labute approximate surface area is 111 Å². The van der Waals surface area contributed by atoms with Crippen LogP contribution in [0.15, 0.2) is 35.4 Å². The normalized spacial score (nSPS) is 10.8. The van der Waals surface area contributed by atoms with Gasteiger partial charge in [0.15, 0.2) is 11.2 Å². The van der Waals surface area contributed by atoms with Crippen LogP contribution in [0.2, 0.25) is 5.02 Å². The van der Waals surface area contributed by atoms with Gasteiger partial charge in [0, 0.05) is 17.4 Å². The van der Waals surface area contributed by atoms with E-state index in [9.17, 15) is 9.18 Å². The Morgan fingerprint density at radius 3 is 2.84 bits per heavy atom. The molecule has 5 nitrogen and oxygen atoms in total. The molecule has 94 valence electrons. The smallest absolute Gasteiger partial charge is 0.279 e. The Hall–Kier alpha value is -2.34. The Balaban J connectivity index is 2.31. The third kappa shape index (κ3) is 2.06. The van der Waals surface area contributed by atoms with Gasteiger partial charge in [-0.05, 0) is 18.2 Å². The van der Waals surface area contributed by atoms with E-state index in [0.717, 1.165) is 0 Å². The number of fused-ring (bicyclic) bond motifs is 1. The molecule has 7 heteroatoms. The molecule has 3 rings (SSSR count).